The monoisotopic (exact) mass is 444 g/mol. The van der Waals surface area contributed by atoms with Crippen LogP contribution in [0, 0.1) is 22.7 Å². The van der Waals surface area contributed by atoms with Crippen LogP contribution in [0.1, 0.15) is 48.8 Å². The molecule has 0 radical (unpaired) electrons. The van der Waals surface area contributed by atoms with Crippen molar-refractivity contribution >= 4 is 38.5 Å². The van der Waals surface area contributed by atoms with Gasteiger partial charge in [0.15, 0.2) is 11.5 Å². The largest absolute Gasteiger partial charge is 0.454 e. The van der Waals surface area contributed by atoms with Crippen LogP contribution in [0.4, 0.5) is 5.00 Å². The van der Waals surface area contributed by atoms with Gasteiger partial charge in [-0.3, -0.25) is 0 Å². The van der Waals surface area contributed by atoms with Crippen molar-refractivity contribution in [1.29, 1.82) is 5.26 Å². The van der Waals surface area contributed by atoms with Crippen molar-refractivity contribution in [1.82, 2.24) is 0 Å². The maximum atomic E-state index is 9.70. The van der Waals surface area contributed by atoms with E-state index >= 15 is 0 Å². The van der Waals surface area contributed by atoms with Crippen LogP contribution in [0.25, 0.3) is 0 Å². The van der Waals surface area contributed by atoms with E-state index in [9.17, 15) is 5.26 Å². The Morgan fingerprint density at radius 1 is 1.30 bits per heavy atom. The third kappa shape index (κ3) is 3.51. The molecule has 4 nitrogen and oxygen atoms in total. The summed E-state index contributed by atoms with van der Waals surface area (Å²) in [5.74, 6) is 2.10. The molecule has 0 saturated heterocycles. The summed E-state index contributed by atoms with van der Waals surface area (Å²) in [5.41, 5.74) is 3.15. The van der Waals surface area contributed by atoms with Gasteiger partial charge in [0.25, 0.3) is 0 Å². The van der Waals surface area contributed by atoms with E-state index in [1.165, 1.54) is 10.4 Å². The maximum absolute atomic E-state index is 9.70. The lowest BCUT2D eigenvalue weighted by Crippen LogP contribution is -2.26. The van der Waals surface area contributed by atoms with Gasteiger partial charge in [0.05, 0.1) is 5.56 Å². The summed E-state index contributed by atoms with van der Waals surface area (Å²) in [6.07, 6.45) is 4.95. The van der Waals surface area contributed by atoms with Gasteiger partial charge >= 0.3 is 0 Å². The number of benzene rings is 1. The number of rotatable bonds is 2. The van der Waals surface area contributed by atoms with Crippen LogP contribution in [0.15, 0.2) is 21.6 Å². The fourth-order valence-corrected chi connectivity index (χ4v) is 5.32. The summed E-state index contributed by atoms with van der Waals surface area (Å²) in [5, 5.41) is 10.5. The zero-order valence-electron chi connectivity index (χ0n) is 15.6. The third-order valence-corrected chi connectivity index (χ3v) is 7.25. The van der Waals surface area contributed by atoms with E-state index in [0.29, 0.717) is 5.92 Å². The first kappa shape index (κ1) is 18.5. The highest BCUT2D eigenvalue weighted by Crippen LogP contribution is 2.45. The lowest BCUT2D eigenvalue weighted by atomic mass is 9.72. The summed E-state index contributed by atoms with van der Waals surface area (Å²) in [7, 11) is 0. The minimum absolute atomic E-state index is 0.244. The van der Waals surface area contributed by atoms with Gasteiger partial charge in [-0.1, -0.05) is 20.8 Å². The molecule has 6 heteroatoms. The first-order chi connectivity index (χ1) is 12.9. The minimum Gasteiger partial charge on any atom is -0.454 e. The summed E-state index contributed by atoms with van der Waals surface area (Å²) in [6.45, 7) is 7.15. The van der Waals surface area contributed by atoms with Crippen LogP contribution in [-0.2, 0) is 12.8 Å². The van der Waals surface area contributed by atoms with Crippen molar-refractivity contribution in [2.45, 2.75) is 40.0 Å². The summed E-state index contributed by atoms with van der Waals surface area (Å²) in [4.78, 5) is 6.00. The van der Waals surface area contributed by atoms with Gasteiger partial charge in [-0.2, -0.15) is 5.26 Å². The Labute approximate surface area is 172 Å². The molecule has 4 rings (SSSR count). The molecule has 0 unspecified atom stereocenters. The highest BCUT2D eigenvalue weighted by Gasteiger charge is 2.32. The van der Waals surface area contributed by atoms with E-state index in [0.717, 1.165) is 51.4 Å². The number of fused-ring (bicyclic) bond motifs is 2. The van der Waals surface area contributed by atoms with Crippen molar-refractivity contribution < 1.29 is 9.47 Å². The van der Waals surface area contributed by atoms with Crippen LogP contribution in [-0.4, -0.2) is 13.0 Å². The predicted octanol–water partition coefficient (Wildman–Crippen LogP) is 6.01. The standard InChI is InChI=1S/C21H21BrN2O2S/c1-21(2,3)13-4-5-14-15(9-23)20(27-19(14)7-13)24-10-12-6-17-18(8-16(12)22)26-11-25-17/h6,8,10,13H,4-5,7,11H2,1-3H3/t13-/m0/s1. The van der Waals surface area contributed by atoms with Crippen molar-refractivity contribution in [3.8, 4) is 17.6 Å². The van der Waals surface area contributed by atoms with Crippen LogP contribution in [0.3, 0.4) is 0 Å². The molecule has 2 heterocycles. The van der Waals surface area contributed by atoms with Gasteiger partial charge in [-0.15, -0.1) is 11.3 Å². The molecule has 1 aromatic carbocycles. The van der Waals surface area contributed by atoms with Gasteiger partial charge in [-0.25, -0.2) is 4.99 Å². The van der Waals surface area contributed by atoms with Crippen LogP contribution in [0.2, 0.25) is 0 Å². The van der Waals surface area contributed by atoms with Crippen LogP contribution in [0.5, 0.6) is 11.5 Å². The molecule has 1 aliphatic heterocycles. The number of nitriles is 1. The highest BCUT2D eigenvalue weighted by molar-refractivity contribution is 9.10. The first-order valence-electron chi connectivity index (χ1n) is 9.04. The Balaban J connectivity index is 1.65. The smallest absolute Gasteiger partial charge is 0.231 e. The second kappa shape index (κ2) is 6.96. The number of hydrogen-bond donors (Lipinski definition) is 0. The molecule has 140 valence electrons. The average Bonchev–Trinajstić information content (AvgIpc) is 3.21. The Kier molecular flexibility index (Phi) is 4.77. The quantitative estimate of drug-likeness (QED) is 0.532. The molecular formula is C21H21BrN2O2S. The number of aliphatic imine (C=N–C) groups is 1. The fourth-order valence-electron chi connectivity index (χ4n) is 3.68. The van der Waals surface area contributed by atoms with Crippen LogP contribution >= 0.6 is 27.3 Å². The molecule has 2 aliphatic rings. The molecule has 1 aromatic heterocycles. The van der Waals surface area contributed by atoms with Gasteiger partial charge in [0.1, 0.15) is 11.1 Å². The predicted molar refractivity (Wildman–Crippen MR) is 112 cm³/mol. The number of hydrogen-bond acceptors (Lipinski definition) is 5. The van der Waals surface area contributed by atoms with Crippen molar-refractivity contribution in [3.63, 3.8) is 0 Å². The second-order valence-electron chi connectivity index (χ2n) is 8.09. The molecule has 0 amide bonds. The number of nitrogens with zero attached hydrogens (tertiary/aromatic N) is 2. The Morgan fingerprint density at radius 2 is 2.04 bits per heavy atom. The fraction of sp³-hybridized carbons (Fsp3) is 0.429. The van der Waals surface area contributed by atoms with E-state index < -0.39 is 0 Å². The number of halogens is 1. The van der Waals surface area contributed by atoms with Crippen molar-refractivity contribution in [2.75, 3.05) is 6.79 Å². The second-order valence-corrected chi connectivity index (χ2v) is 10.0. The molecule has 0 saturated carbocycles. The van der Waals surface area contributed by atoms with Crippen molar-refractivity contribution in [3.05, 3.63) is 38.2 Å². The summed E-state index contributed by atoms with van der Waals surface area (Å²) in [6, 6.07) is 6.19. The third-order valence-electron chi connectivity index (χ3n) is 5.40. The highest BCUT2D eigenvalue weighted by atomic mass is 79.9. The van der Waals surface area contributed by atoms with Gasteiger partial charge < -0.3 is 9.47 Å². The molecule has 0 spiro atoms. The van der Waals surface area contributed by atoms with E-state index in [2.05, 4.69) is 47.8 Å². The summed E-state index contributed by atoms with van der Waals surface area (Å²) >= 11 is 5.22. The van der Waals surface area contributed by atoms with Crippen molar-refractivity contribution in [2.24, 2.45) is 16.3 Å². The topological polar surface area (TPSA) is 54.6 Å². The molecule has 1 atom stereocenters. The van der Waals surface area contributed by atoms with E-state index in [1.54, 1.807) is 17.6 Å². The SMILES string of the molecule is CC(C)(C)[C@H]1CCc2c(sc(N=Cc3cc4c(cc3Br)OCO4)c2C#N)C1. The first-order valence-corrected chi connectivity index (χ1v) is 10.7. The summed E-state index contributed by atoms with van der Waals surface area (Å²) < 4.78 is 11.7. The van der Waals surface area contributed by atoms with Crippen LogP contribution < -0.4 is 9.47 Å². The molecule has 1 aliphatic carbocycles. The normalized spacial score (nSPS) is 18.6. The number of ether oxygens (including phenoxy) is 2. The molecule has 0 N–H and O–H groups in total. The average molecular weight is 445 g/mol. The zero-order valence-corrected chi connectivity index (χ0v) is 18.0. The molecular weight excluding hydrogens is 424 g/mol. The zero-order chi connectivity index (χ0) is 19.2. The Morgan fingerprint density at radius 3 is 2.74 bits per heavy atom. The van der Waals surface area contributed by atoms with E-state index in [1.807, 2.05) is 12.1 Å². The number of thiophene rings is 1. The lowest BCUT2D eigenvalue weighted by Gasteiger charge is -2.33. The van der Waals surface area contributed by atoms with Gasteiger partial charge in [0.2, 0.25) is 6.79 Å². The molecule has 27 heavy (non-hydrogen) atoms. The molecule has 2 aromatic rings. The lowest BCUT2D eigenvalue weighted by molar-refractivity contribution is 0.174. The Bertz CT molecular complexity index is 966. The van der Waals surface area contributed by atoms with Gasteiger partial charge in [0, 0.05) is 21.1 Å². The van der Waals surface area contributed by atoms with E-state index in [4.69, 9.17) is 9.47 Å². The van der Waals surface area contributed by atoms with Gasteiger partial charge in [-0.05, 0) is 64.2 Å². The Hall–Kier alpha value is -1.84. The minimum atomic E-state index is 0.244. The molecule has 0 fully saturated rings. The maximum Gasteiger partial charge on any atom is 0.231 e. The van der Waals surface area contributed by atoms with E-state index in [-0.39, 0.29) is 12.2 Å². The molecule has 0 bridgehead atoms.